The van der Waals surface area contributed by atoms with Crippen LogP contribution >= 0.6 is 0 Å². The Kier molecular flexibility index (Phi) is 4.95. The van der Waals surface area contributed by atoms with Gasteiger partial charge in [-0.05, 0) is 37.1 Å². The van der Waals surface area contributed by atoms with Gasteiger partial charge in [-0.15, -0.1) is 12.3 Å². The van der Waals surface area contributed by atoms with Gasteiger partial charge in [0.15, 0.2) is 0 Å². The highest BCUT2D eigenvalue weighted by atomic mass is 16.4. The van der Waals surface area contributed by atoms with E-state index in [2.05, 4.69) is 16.6 Å². The second-order valence-electron chi connectivity index (χ2n) is 4.11. The molecule has 1 rings (SSSR count). The summed E-state index contributed by atoms with van der Waals surface area (Å²) in [4.78, 5) is 22.6. The molecule has 0 aliphatic heterocycles. The van der Waals surface area contributed by atoms with E-state index in [0.717, 1.165) is 5.56 Å². The van der Waals surface area contributed by atoms with Crippen LogP contribution in [0.25, 0.3) is 0 Å². The molecule has 0 fully saturated rings. The minimum Gasteiger partial charge on any atom is -0.478 e. The lowest BCUT2D eigenvalue weighted by atomic mass is 10.0. The summed E-state index contributed by atoms with van der Waals surface area (Å²) in [5.41, 5.74) is 2.11. The molecule has 0 saturated carbocycles. The van der Waals surface area contributed by atoms with Crippen LogP contribution in [-0.2, 0) is 0 Å². The molecule has 5 nitrogen and oxygen atoms in total. The van der Waals surface area contributed by atoms with Crippen molar-refractivity contribution in [3.63, 3.8) is 0 Å². The quantitative estimate of drug-likeness (QED) is 0.573. The number of carbonyl (C=O) groups excluding carboxylic acids is 1. The maximum atomic E-state index is 11.5. The SMILES string of the molecule is C#CCCNC(=O)Nc1cc(C)c(C)c(C(=O)O)c1. The number of amides is 2. The van der Waals surface area contributed by atoms with Crippen LogP contribution in [0.1, 0.15) is 27.9 Å². The van der Waals surface area contributed by atoms with E-state index in [1.807, 2.05) is 0 Å². The van der Waals surface area contributed by atoms with E-state index < -0.39 is 12.0 Å². The molecule has 0 aliphatic carbocycles. The number of aryl methyl sites for hydroxylation is 1. The van der Waals surface area contributed by atoms with Crippen molar-refractivity contribution in [3.8, 4) is 12.3 Å². The molecule has 100 valence electrons. The molecule has 1 aromatic rings. The number of carboxylic acid groups (broad SMARTS) is 1. The van der Waals surface area contributed by atoms with Crippen molar-refractivity contribution >= 4 is 17.7 Å². The minimum absolute atomic E-state index is 0.180. The normalized spacial score (nSPS) is 9.53. The molecule has 0 spiro atoms. The van der Waals surface area contributed by atoms with Crippen molar-refractivity contribution in [3.05, 3.63) is 28.8 Å². The molecule has 19 heavy (non-hydrogen) atoms. The molecule has 0 atom stereocenters. The first-order valence-corrected chi connectivity index (χ1v) is 5.78. The zero-order chi connectivity index (χ0) is 14.4. The summed E-state index contributed by atoms with van der Waals surface area (Å²) < 4.78 is 0. The summed E-state index contributed by atoms with van der Waals surface area (Å²) in [7, 11) is 0. The minimum atomic E-state index is -1.02. The smallest absolute Gasteiger partial charge is 0.336 e. The third-order valence-corrected chi connectivity index (χ3v) is 2.71. The summed E-state index contributed by atoms with van der Waals surface area (Å²) in [5.74, 6) is 1.39. The summed E-state index contributed by atoms with van der Waals surface area (Å²) in [6.07, 6.45) is 5.52. The summed E-state index contributed by atoms with van der Waals surface area (Å²) in [6.45, 7) is 3.90. The Morgan fingerprint density at radius 1 is 1.37 bits per heavy atom. The molecule has 5 heteroatoms. The van der Waals surface area contributed by atoms with Crippen molar-refractivity contribution in [1.29, 1.82) is 0 Å². The number of terminal acetylenes is 1. The fourth-order valence-electron chi connectivity index (χ4n) is 1.58. The van der Waals surface area contributed by atoms with Crippen molar-refractivity contribution in [2.45, 2.75) is 20.3 Å². The number of benzene rings is 1. The number of nitrogens with one attached hydrogen (secondary N) is 2. The molecule has 0 unspecified atom stereocenters. The Hall–Kier alpha value is -2.48. The van der Waals surface area contributed by atoms with Gasteiger partial charge < -0.3 is 15.7 Å². The second kappa shape index (κ2) is 6.45. The Bertz CT molecular complexity index is 544. The summed E-state index contributed by atoms with van der Waals surface area (Å²) in [5, 5.41) is 14.2. The van der Waals surface area contributed by atoms with Crippen LogP contribution < -0.4 is 10.6 Å². The average molecular weight is 260 g/mol. The number of hydrogen-bond donors (Lipinski definition) is 3. The first-order chi connectivity index (χ1) is 8.95. The van der Waals surface area contributed by atoms with Crippen molar-refractivity contribution in [1.82, 2.24) is 5.32 Å². The van der Waals surface area contributed by atoms with Gasteiger partial charge in [-0.25, -0.2) is 9.59 Å². The van der Waals surface area contributed by atoms with E-state index in [0.29, 0.717) is 24.2 Å². The molecule has 0 aliphatic rings. The summed E-state index contributed by atoms with van der Waals surface area (Å²) >= 11 is 0. The Morgan fingerprint density at radius 3 is 2.63 bits per heavy atom. The highest BCUT2D eigenvalue weighted by Gasteiger charge is 2.11. The van der Waals surface area contributed by atoms with E-state index in [9.17, 15) is 9.59 Å². The Balaban J connectivity index is 2.82. The molecule has 0 aromatic heterocycles. The van der Waals surface area contributed by atoms with Gasteiger partial charge in [0.1, 0.15) is 0 Å². The largest absolute Gasteiger partial charge is 0.478 e. The molecule has 2 amide bonds. The lowest BCUT2D eigenvalue weighted by Gasteiger charge is -2.11. The fraction of sp³-hybridized carbons (Fsp3) is 0.286. The third-order valence-electron chi connectivity index (χ3n) is 2.71. The molecular formula is C14H16N2O3. The average Bonchev–Trinajstić information content (AvgIpc) is 2.33. The highest BCUT2D eigenvalue weighted by Crippen LogP contribution is 2.19. The van der Waals surface area contributed by atoms with Crippen LogP contribution in [0.4, 0.5) is 10.5 Å². The maximum absolute atomic E-state index is 11.5. The van der Waals surface area contributed by atoms with Crippen LogP contribution in [0.5, 0.6) is 0 Å². The van der Waals surface area contributed by atoms with Gasteiger partial charge in [-0.1, -0.05) is 0 Å². The maximum Gasteiger partial charge on any atom is 0.336 e. The lowest BCUT2D eigenvalue weighted by Crippen LogP contribution is -2.29. The third kappa shape index (κ3) is 4.03. The number of carbonyl (C=O) groups is 2. The zero-order valence-corrected chi connectivity index (χ0v) is 10.9. The topological polar surface area (TPSA) is 78.4 Å². The number of carboxylic acids is 1. The van der Waals surface area contributed by atoms with E-state index in [1.165, 1.54) is 6.07 Å². The van der Waals surface area contributed by atoms with Crippen LogP contribution in [0.3, 0.4) is 0 Å². The molecule has 0 radical (unpaired) electrons. The van der Waals surface area contributed by atoms with Gasteiger partial charge in [0.25, 0.3) is 0 Å². The predicted octanol–water partition coefficient (Wildman–Crippen LogP) is 2.15. The first-order valence-electron chi connectivity index (χ1n) is 5.78. The number of aromatic carboxylic acids is 1. The Labute approximate surface area is 112 Å². The lowest BCUT2D eigenvalue weighted by molar-refractivity contribution is 0.0696. The van der Waals surface area contributed by atoms with Crippen molar-refractivity contribution in [2.24, 2.45) is 0 Å². The van der Waals surface area contributed by atoms with Gasteiger partial charge in [-0.2, -0.15) is 0 Å². The monoisotopic (exact) mass is 260 g/mol. The Morgan fingerprint density at radius 2 is 2.05 bits per heavy atom. The van der Waals surface area contributed by atoms with Crippen LogP contribution in [0.2, 0.25) is 0 Å². The van der Waals surface area contributed by atoms with Gasteiger partial charge in [0, 0.05) is 18.7 Å². The molecule has 0 heterocycles. The zero-order valence-electron chi connectivity index (χ0n) is 10.9. The fourth-order valence-corrected chi connectivity index (χ4v) is 1.58. The van der Waals surface area contributed by atoms with E-state index >= 15 is 0 Å². The van der Waals surface area contributed by atoms with Gasteiger partial charge in [0.05, 0.1) is 5.56 Å². The van der Waals surface area contributed by atoms with Crippen LogP contribution in [0, 0.1) is 26.2 Å². The predicted molar refractivity (Wildman–Crippen MR) is 73.3 cm³/mol. The van der Waals surface area contributed by atoms with Crippen LogP contribution in [-0.4, -0.2) is 23.7 Å². The van der Waals surface area contributed by atoms with E-state index in [1.54, 1.807) is 19.9 Å². The van der Waals surface area contributed by atoms with Crippen molar-refractivity contribution < 1.29 is 14.7 Å². The molecule has 1 aromatic carbocycles. The number of rotatable bonds is 4. The highest BCUT2D eigenvalue weighted by molar-refractivity contribution is 5.94. The molecular weight excluding hydrogens is 244 g/mol. The first kappa shape index (κ1) is 14.6. The second-order valence-corrected chi connectivity index (χ2v) is 4.11. The van der Waals surface area contributed by atoms with E-state index in [-0.39, 0.29) is 5.56 Å². The van der Waals surface area contributed by atoms with Gasteiger partial charge >= 0.3 is 12.0 Å². The van der Waals surface area contributed by atoms with E-state index in [4.69, 9.17) is 11.5 Å². The summed E-state index contributed by atoms with van der Waals surface area (Å²) in [6, 6.07) is 2.75. The number of anilines is 1. The number of hydrogen-bond acceptors (Lipinski definition) is 2. The van der Waals surface area contributed by atoms with Gasteiger partial charge in [-0.3, -0.25) is 0 Å². The van der Waals surface area contributed by atoms with Gasteiger partial charge in [0.2, 0.25) is 0 Å². The van der Waals surface area contributed by atoms with Crippen LogP contribution in [0.15, 0.2) is 12.1 Å². The number of urea groups is 1. The molecule has 0 bridgehead atoms. The van der Waals surface area contributed by atoms with Crippen molar-refractivity contribution in [2.75, 3.05) is 11.9 Å². The standard InChI is InChI=1S/C14H16N2O3/c1-4-5-6-15-14(19)16-11-7-9(2)10(3)12(8-11)13(17)18/h1,7-8H,5-6H2,2-3H3,(H,17,18)(H2,15,16,19). The molecule has 3 N–H and O–H groups in total. The molecule has 0 saturated heterocycles.